The largest absolute Gasteiger partial charge is 0.475 e. The molecule has 19 heavy (non-hydrogen) atoms. The monoisotopic (exact) mass is 277 g/mol. The summed E-state index contributed by atoms with van der Waals surface area (Å²) in [6.45, 7) is 2.62. The normalized spacial score (nSPS) is 18.6. The highest BCUT2D eigenvalue weighted by atomic mass is 32.1. The van der Waals surface area contributed by atoms with Gasteiger partial charge in [0, 0.05) is 4.88 Å². The van der Waals surface area contributed by atoms with E-state index in [4.69, 9.17) is 10.5 Å². The second-order valence-electron chi connectivity index (χ2n) is 5.47. The Hall–Kier alpha value is -1.20. The van der Waals surface area contributed by atoms with E-state index < -0.39 is 0 Å². The summed E-state index contributed by atoms with van der Waals surface area (Å²) < 4.78 is 5.91. The van der Waals surface area contributed by atoms with Crippen LogP contribution in [0.4, 0.5) is 0 Å². The highest BCUT2D eigenvalue weighted by molar-refractivity contribution is 7.18. The molecule has 3 rings (SSSR count). The Bertz CT molecular complexity index is 575. The molecular formula is C14H19N3OS. The molecule has 0 bridgehead atoms. The van der Waals surface area contributed by atoms with Crippen molar-refractivity contribution in [1.29, 1.82) is 0 Å². The summed E-state index contributed by atoms with van der Waals surface area (Å²) >= 11 is 1.66. The fourth-order valence-corrected chi connectivity index (χ4v) is 3.52. The Morgan fingerprint density at radius 1 is 1.32 bits per heavy atom. The predicted octanol–water partition coefficient (Wildman–Crippen LogP) is 3.04. The van der Waals surface area contributed by atoms with E-state index in [1.165, 1.54) is 24.1 Å². The fraction of sp³-hybridized carbons (Fsp3) is 0.571. The number of fused-ring (bicyclic) bond motifs is 1. The summed E-state index contributed by atoms with van der Waals surface area (Å²) in [5.41, 5.74) is 6.21. The summed E-state index contributed by atoms with van der Waals surface area (Å²) in [4.78, 5) is 10.7. The maximum atomic E-state index is 6.39. The van der Waals surface area contributed by atoms with E-state index in [0.717, 1.165) is 23.1 Å². The van der Waals surface area contributed by atoms with Crippen LogP contribution in [0.1, 0.15) is 37.0 Å². The van der Waals surface area contributed by atoms with Crippen molar-refractivity contribution in [3.8, 4) is 5.88 Å². The van der Waals surface area contributed by atoms with E-state index in [1.54, 1.807) is 17.7 Å². The highest BCUT2D eigenvalue weighted by Crippen LogP contribution is 2.31. The summed E-state index contributed by atoms with van der Waals surface area (Å²) in [5.74, 6) is 0.671. The van der Waals surface area contributed by atoms with Crippen LogP contribution >= 0.6 is 11.3 Å². The summed E-state index contributed by atoms with van der Waals surface area (Å²) in [6.07, 6.45) is 7.36. The molecule has 1 saturated carbocycles. The third-order valence-electron chi connectivity index (χ3n) is 3.76. The van der Waals surface area contributed by atoms with E-state index >= 15 is 0 Å². The van der Waals surface area contributed by atoms with Crippen molar-refractivity contribution < 1.29 is 4.74 Å². The average molecular weight is 277 g/mol. The number of aryl methyl sites for hydroxylation is 1. The van der Waals surface area contributed by atoms with E-state index in [9.17, 15) is 0 Å². The Labute approximate surface area is 117 Å². The molecule has 0 amide bonds. The second kappa shape index (κ2) is 5.06. The smallest absolute Gasteiger partial charge is 0.225 e. The Morgan fingerprint density at radius 2 is 2.11 bits per heavy atom. The molecule has 2 aromatic heterocycles. The van der Waals surface area contributed by atoms with Crippen molar-refractivity contribution >= 4 is 21.6 Å². The van der Waals surface area contributed by atoms with Crippen LogP contribution in [-0.2, 0) is 0 Å². The lowest BCUT2D eigenvalue weighted by Crippen LogP contribution is -2.47. The van der Waals surface area contributed by atoms with Crippen LogP contribution in [0.5, 0.6) is 5.88 Å². The standard InChI is InChI=1S/C14H19N3OS/c1-10-7-11-12(16-9-17-13(11)19-10)18-8-14(15)5-3-2-4-6-14/h7,9H,2-6,8,15H2,1H3. The van der Waals surface area contributed by atoms with Gasteiger partial charge in [0.25, 0.3) is 0 Å². The average Bonchev–Trinajstić information content (AvgIpc) is 2.78. The number of aromatic nitrogens is 2. The molecule has 2 heterocycles. The van der Waals surface area contributed by atoms with Crippen LogP contribution in [-0.4, -0.2) is 22.1 Å². The number of rotatable bonds is 3. The lowest BCUT2D eigenvalue weighted by atomic mass is 9.83. The summed E-state index contributed by atoms with van der Waals surface area (Å²) in [7, 11) is 0. The zero-order valence-electron chi connectivity index (χ0n) is 11.2. The molecule has 0 aliphatic heterocycles. The van der Waals surface area contributed by atoms with Crippen molar-refractivity contribution in [2.24, 2.45) is 5.73 Å². The molecule has 0 saturated heterocycles. The molecule has 2 aromatic rings. The molecule has 102 valence electrons. The van der Waals surface area contributed by atoms with Crippen molar-refractivity contribution in [2.75, 3.05) is 6.61 Å². The van der Waals surface area contributed by atoms with Crippen LogP contribution in [0.2, 0.25) is 0 Å². The third-order valence-corrected chi connectivity index (χ3v) is 4.72. The van der Waals surface area contributed by atoms with Crippen molar-refractivity contribution in [3.63, 3.8) is 0 Å². The number of ether oxygens (including phenoxy) is 1. The number of hydrogen-bond acceptors (Lipinski definition) is 5. The number of hydrogen-bond donors (Lipinski definition) is 1. The van der Waals surface area contributed by atoms with Gasteiger partial charge in [-0.15, -0.1) is 11.3 Å². The third kappa shape index (κ3) is 2.72. The zero-order chi connectivity index (χ0) is 13.3. The molecule has 0 aromatic carbocycles. The van der Waals surface area contributed by atoms with Gasteiger partial charge in [-0.2, -0.15) is 0 Å². The van der Waals surface area contributed by atoms with Gasteiger partial charge in [-0.3, -0.25) is 0 Å². The number of nitrogens with zero attached hydrogens (tertiary/aromatic N) is 2. The van der Waals surface area contributed by atoms with Gasteiger partial charge < -0.3 is 10.5 Å². The molecular weight excluding hydrogens is 258 g/mol. The van der Waals surface area contributed by atoms with E-state index in [2.05, 4.69) is 23.0 Å². The minimum atomic E-state index is -0.180. The molecule has 1 aliphatic carbocycles. The fourth-order valence-electron chi connectivity index (χ4n) is 2.68. The van der Waals surface area contributed by atoms with Crippen LogP contribution in [0.3, 0.4) is 0 Å². The molecule has 0 unspecified atom stereocenters. The maximum Gasteiger partial charge on any atom is 0.225 e. The first kappa shape index (κ1) is 12.8. The zero-order valence-corrected chi connectivity index (χ0v) is 12.0. The predicted molar refractivity (Wildman–Crippen MR) is 77.7 cm³/mol. The van der Waals surface area contributed by atoms with Gasteiger partial charge in [0.05, 0.1) is 10.9 Å². The first-order chi connectivity index (χ1) is 9.16. The highest BCUT2D eigenvalue weighted by Gasteiger charge is 2.28. The Balaban J connectivity index is 1.78. The maximum absolute atomic E-state index is 6.39. The molecule has 1 fully saturated rings. The van der Waals surface area contributed by atoms with Crippen LogP contribution < -0.4 is 10.5 Å². The van der Waals surface area contributed by atoms with Crippen LogP contribution in [0, 0.1) is 6.92 Å². The van der Waals surface area contributed by atoms with Gasteiger partial charge in [-0.1, -0.05) is 19.3 Å². The lowest BCUT2D eigenvalue weighted by Gasteiger charge is -2.32. The van der Waals surface area contributed by atoms with Gasteiger partial charge in [0.2, 0.25) is 5.88 Å². The Morgan fingerprint density at radius 3 is 2.89 bits per heavy atom. The van der Waals surface area contributed by atoms with Crippen molar-refractivity contribution in [3.05, 3.63) is 17.3 Å². The molecule has 1 aliphatic rings. The first-order valence-electron chi connectivity index (χ1n) is 6.79. The number of nitrogens with two attached hydrogens (primary N) is 1. The molecule has 0 spiro atoms. The van der Waals surface area contributed by atoms with Crippen molar-refractivity contribution in [1.82, 2.24) is 9.97 Å². The molecule has 5 heteroatoms. The molecule has 0 radical (unpaired) electrons. The minimum absolute atomic E-state index is 0.180. The van der Waals surface area contributed by atoms with Crippen LogP contribution in [0.25, 0.3) is 10.2 Å². The molecule has 4 nitrogen and oxygen atoms in total. The van der Waals surface area contributed by atoms with Gasteiger partial charge in [0.15, 0.2) is 0 Å². The second-order valence-corrected chi connectivity index (χ2v) is 6.70. The first-order valence-corrected chi connectivity index (χ1v) is 7.61. The van der Waals surface area contributed by atoms with Gasteiger partial charge in [-0.25, -0.2) is 9.97 Å². The van der Waals surface area contributed by atoms with Gasteiger partial charge >= 0.3 is 0 Å². The molecule has 0 atom stereocenters. The minimum Gasteiger partial charge on any atom is -0.475 e. The molecule has 2 N–H and O–H groups in total. The number of thiophene rings is 1. The SMILES string of the molecule is Cc1cc2c(OCC3(N)CCCCC3)ncnc2s1. The van der Waals surface area contributed by atoms with Gasteiger partial charge in [0.1, 0.15) is 17.8 Å². The van der Waals surface area contributed by atoms with E-state index in [1.807, 2.05) is 0 Å². The summed E-state index contributed by atoms with van der Waals surface area (Å²) in [5, 5.41) is 1.00. The topological polar surface area (TPSA) is 61.0 Å². The van der Waals surface area contributed by atoms with E-state index in [0.29, 0.717) is 12.5 Å². The Kier molecular flexibility index (Phi) is 3.41. The quantitative estimate of drug-likeness (QED) is 0.936. The summed E-state index contributed by atoms with van der Waals surface area (Å²) in [6, 6.07) is 2.08. The van der Waals surface area contributed by atoms with Crippen molar-refractivity contribution in [2.45, 2.75) is 44.6 Å². The lowest BCUT2D eigenvalue weighted by molar-refractivity contribution is 0.170. The van der Waals surface area contributed by atoms with Gasteiger partial charge in [-0.05, 0) is 25.8 Å². The van der Waals surface area contributed by atoms with E-state index in [-0.39, 0.29) is 5.54 Å². The van der Waals surface area contributed by atoms with Crippen LogP contribution in [0.15, 0.2) is 12.4 Å².